The Morgan fingerprint density at radius 2 is 2.05 bits per heavy atom. The van der Waals surface area contributed by atoms with Crippen molar-refractivity contribution < 1.29 is 9.53 Å². The average Bonchev–Trinajstić information content (AvgIpc) is 3.20. The average molecular weight is 274 g/mol. The third kappa shape index (κ3) is 3.51. The van der Waals surface area contributed by atoms with E-state index >= 15 is 0 Å². The maximum absolute atomic E-state index is 12.3. The molecule has 1 N–H and O–H groups in total. The Bertz CT molecular complexity index is 439. The molecule has 2 aliphatic rings. The summed E-state index contributed by atoms with van der Waals surface area (Å²) in [5, 5.41) is 3.36. The number of ether oxygens (including phenoxy) is 1. The third-order valence-electron chi connectivity index (χ3n) is 4.04. The van der Waals surface area contributed by atoms with Gasteiger partial charge in [0.1, 0.15) is 6.61 Å². The molecule has 4 heteroatoms. The Kier molecular flexibility index (Phi) is 4.21. The predicted molar refractivity (Wildman–Crippen MR) is 77.3 cm³/mol. The quantitative estimate of drug-likeness (QED) is 0.896. The summed E-state index contributed by atoms with van der Waals surface area (Å²) in [5.41, 5.74) is 1.04. The van der Waals surface area contributed by atoms with E-state index in [0.29, 0.717) is 18.6 Å². The Morgan fingerprint density at radius 1 is 1.25 bits per heavy atom. The van der Waals surface area contributed by atoms with Gasteiger partial charge in [-0.25, -0.2) is 4.79 Å². The van der Waals surface area contributed by atoms with Gasteiger partial charge < -0.3 is 15.0 Å². The smallest absolute Gasteiger partial charge is 0.410 e. The number of rotatable bonds is 5. The fraction of sp³-hybridized carbons (Fsp3) is 0.562. The van der Waals surface area contributed by atoms with E-state index in [4.69, 9.17) is 4.74 Å². The van der Waals surface area contributed by atoms with Gasteiger partial charge in [0.25, 0.3) is 0 Å². The molecule has 1 saturated heterocycles. The highest BCUT2D eigenvalue weighted by Gasteiger charge is 2.35. The van der Waals surface area contributed by atoms with Crippen LogP contribution in [0.2, 0.25) is 0 Å². The second-order valence-electron chi connectivity index (χ2n) is 5.78. The van der Waals surface area contributed by atoms with Crippen molar-refractivity contribution in [2.24, 2.45) is 5.92 Å². The SMILES string of the molecule is O=C(OCc1ccccc1)N(C[C@H]1CCNC1)C1CC1. The maximum atomic E-state index is 12.3. The number of carbonyl (C=O) groups excluding carboxylic acids is 1. The van der Waals surface area contributed by atoms with Crippen LogP contribution in [0.4, 0.5) is 4.79 Å². The number of nitrogens with zero attached hydrogens (tertiary/aromatic N) is 1. The molecule has 0 bridgehead atoms. The molecule has 0 unspecified atom stereocenters. The summed E-state index contributed by atoms with van der Waals surface area (Å²) < 4.78 is 5.47. The van der Waals surface area contributed by atoms with Gasteiger partial charge in [0.2, 0.25) is 0 Å². The lowest BCUT2D eigenvalue weighted by molar-refractivity contribution is 0.0883. The predicted octanol–water partition coefficient (Wildman–Crippen LogP) is 2.40. The van der Waals surface area contributed by atoms with Crippen LogP contribution in [0, 0.1) is 5.92 Å². The molecule has 2 fully saturated rings. The normalized spacial score (nSPS) is 21.7. The summed E-state index contributed by atoms with van der Waals surface area (Å²) >= 11 is 0. The first-order valence-electron chi connectivity index (χ1n) is 7.51. The Morgan fingerprint density at radius 3 is 2.70 bits per heavy atom. The summed E-state index contributed by atoms with van der Waals surface area (Å²) in [6, 6.07) is 10.3. The highest BCUT2D eigenvalue weighted by Crippen LogP contribution is 2.29. The lowest BCUT2D eigenvalue weighted by Gasteiger charge is -2.24. The van der Waals surface area contributed by atoms with Crippen LogP contribution in [0.5, 0.6) is 0 Å². The van der Waals surface area contributed by atoms with E-state index in [2.05, 4.69) is 5.32 Å². The second-order valence-corrected chi connectivity index (χ2v) is 5.78. The van der Waals surface area contributed by atoms with Crippen molar-refractivity contribution in [3.8, 4) is 0 Å². The van der Waals surface area contributed by atoms with Crippen molar-refractivity contribution >= 4 is 6.09 Å². The van der Waals surface area contributed by atoms with Gasteiger partial charge >= 0.3 is 6.09 Å². The molecule has 1 aliphatic heterocycles. The van der Waals surface area contributed by atoms with Crippen LogP contribution in [0.25, 0.3) is 0 Å². The zero-order valence-corrected chi connectivity index (χ0v) is 11.8. The van der Waals surface area contributed by atoms with Crippen molar-refractivity contribution in [3.05, 3.63) is 35.9 Å². The number of amides is 1. The molecule has 20 heavy (non-hydrogen) atoms. The van der Waals surface area contributed by atoms with Crippen LogP contribution < -0.4 is 5.32 Å². The molecule has 0 aromatic heterocycles. The van der Waals surface area contributed by atoms with E-state index in [-0.39, 0.29) is 6.09 Å². The van der Waals surface area contributed by atoms with Gasteiger partial charge in [-0.1, -0.05) is 30.3 Å². The van der Waals surface area contributed by atoms with Crippen molar-refractivity contribution in [3.63, 3.8) is 0 Å². The molecule has 0 radical (unpaired) electrons. The van der Waals surface area contributed by atoms with Gasteiger partial charge in [0.05, 0.1) is 0 Å². The number of hydrogen-bond acceptors (Lipinski definition) is 3. The number of hydrogen-bond donors (Lipinski definition) is 1. The molecule has 1 atom stereocenters. The summed E-state index contributed by atoms with van der Waals surface area (Å²) in [7, 11) is 0. The molecule has 1 heterocycles. The highest BCUT2D eigenvalue weighted by atomic mass is 16.6. The first-order chi connectivity index (χ1) is 9.83. The van der Waals surface area contributed by atoms with Crippen LogP contribution in [0.15, 0.2) is 30.3 Å². The molecule has 1 aromatic rings. The van der Waals surface area contributed by atoms with Crippen LogP contribution in [0.3, 0.4) is 0 Å². The second kappa shape index (κ2) is 6.27. The van der Waals surface area contributed by atoms with Gasteiger partial charge in [0.15, 0.2) is 0 Å². The minimum Gasteiger partial charge on any atom is -0.445 e. The van der Waals surface area contributed by atoms with Gasteiger partial charge in [-0.05, 0) is 43.8 Å². The van der Waals surface area contributed by atoms with E-state index in [1.54, 1.807) is 0 Å². The number of nitrogens with one attached hydrogen (secondary N) is 1. The summed E-state index contributed by atoms with van der Waals surface area (Å²) in [6.45, 7) is 3.30. The van der Waals surface area contributed by atoms with Crippen LogP contribution in [-0.2, 0) is 11.3 Å². The fourth-order valence-corrected chi connectivity index (χ4v) is 2.71. The van der Waals surface area contributed by atoms with E-state index < -0.39 is 0 Å². The minimum atomic E-state index is -0.150. The molecule has 1 saturated carbocycles. The monoisotopic (exact) mass is 274 g/mol. The molecule has 1 amide bonds. The summed E-state index contributed by atoms with van der Waals surface area (Å²) in [6.07, 6.45) is 3.26. The Hall–Kier alpha value is -1.55. The molecule has 3 rings (SSSR count). The van der Waals surface area contributed by atoms with Crippen LogP contribution >= 0.6 is 0 Å². The molecular weight excluding hydrogens is 252 g/mol. The molecular formula is C16H22N2O2. The van der Waals surface area contributed by atoms with Gasteiger partial charge in [-0.2, -0.15) is 0 Å². The van der Waals surface area contributed by atoms with E-state index in [1.165, 1.54) is 0 Å². The summed E-state index contributed by atoms with van der Waals surface area (Å²) in [5.74, 6) is 0.583. The van der Waals surface area contributed by atoms with Crippen molar-refractivity contribution in [1.29, 1.82) is 0 Å². The maximum Gasteiger partial charge on any atom is 0.410 e. The lowest BCUT2D eigenvalue weighted by Crippen LogP contribution is -2.38. The molecule has 1 aliphatic carbocycles. The fourth-order valence-electron chi connectivity index (χ4n) is 2.71. The van der Waals surface area contributed by atoms with Gasteiger partial charge in [0, 0.05) is 12.6 Å². The van der Waals surface area contributed by atoms with Gasteiger partial charge in [-0.3, -0.25) is 0 Å². The minimum absolute atomic E-state index is 0.150. The topological polar surface area (TPSA) is 41.6 Å². The zero-order chi connectivity index (χ0) is 13.8. The van der Waals surface area contributed by atoms with E-state index in [9.17, 15) is 4.79 Å². The third-order valence-corrected chi connectivity index (χ3v) is 4.04. The zero-order valence-electron chi connectivity index (χ0n) is 11.8. The van der Waals surface area contributed by atoms with Crippen molar-refractivity contribution in [2.45, 2.75) is 31.9 Å². The molecule has 1 aromatic carbocycles. The first kappa shape index (κ1) is 13.4. The van der Waals surface area contributed by atoms with Crippen molar-refractivity contribution in [1.82, 2.24) is 10.2 Å². The molecule has 0 spiro atoms. The van der Waals surface area contributed by atoms with Gasteiger partial charge in [-0.15, -0.1) is 0 Å². The lowest BCUT2D eigenvalue weighted by atomic mass is 10.1. The number of carbonyl (C=O) groups is 1. The molecule has 108 valence electrons. The first-order valence-corrected chi connectivity index (χ1v) is 7.51. The molecule has 4 nitrogen and oxygen atoms in total. The number of benzene rings is 1. The van der Waals surface area contributed by atoms with E-state index in [0.717, 1.165) is 44.5 Å². The summed E-state index contributed by atoms with van der Waals surface area (Å²) in [4.78, 5) is 14.2. The highest BCUT2D eigenvalue weighted by molar-refractivity contribution is 5.68. The largest absolute Gasteiger partial charge is 0.445 e. The Labute approximate surface area is 120 Å². The van der Waals surface area contributed by atoms with Crippen LogP contribution in [0.1, 0.15) is 24.8 Å². The Balaban J connectivity index is 1.52. The van der Waals surface area contributed by atoms with Crippen molar-refractivity contribution in [2.75, 3.05) is 19.6 Å². The van der Waals surface area contributed by atoms with E-state index in [1.807, 2.05) is 35.2 Å². The standard InChI is InChI=1S/C16H22N2O2/c19-16(20-12-13-4-2-1-3-5-13)18(15-6-7-15)11-14-8-9-17-10-14/h1-5,14-15,17H,6-12H2/t14-/m0/s1. The van der Waals surface area contributed by atoms with Crippen LogP contribution in [-0.4, -0.2) is 36.7 Å².